The Labute approximate surface area is 84.3 Å². The van der Waals surface area contributed by atoms with Crippen molar-refractivity contribution >= 4 is 11.9 Å². The van der Waals surface area contributed by atoms with Gasteiger partial charge >= 0.3 is 5.97 Å². The summed E-state index contributed by atoms with van der Waals surface area (Å²) >= 11 is 0. The number of esters is 1. The summed E-state index contributed by atoms with van der Waals surface area (Å²) in [5, 5.41) is 2.53. The van der Waals surface area contributed by atoms with E-state index in [1.54, 1.807) is 0 Å². The van der Waals surface area contributed by atoms with Crippen molar-refractivity contribution < 1.29 is 14.3 Å². The highest BCUT2D eigenvalue weighted by molar-refractivity contribution is 5.83. The third-order valence-electron chi connectivity index (χ3n) is 1.62. The zero-order valence-corrected chi connectivity index (χ0v) is 9.09. The first-order valence-corrected chi connectivity index (χ1v) is 4.45. The van der Waals surface area contributed by atoms with Crippen molar-refractivity contribution in [3.63, 3.8) is 0 Å². The molecule has 0 aromatic heterocycles. The number of ether oxygens (including phenoxy) is 1. The van der Waals surface area contributed by atoms with E-state index in [1.807, 2.05) is 19.9 Å². The second-order valence-electron chi connectivity index (χ2n) is 3.29. The van der Waals surface area contributed by atoms with Gasteiger partial charge in [0.05, 0.1) is 7.11 Å². The van der Waals surface area contributed by atoms with Crippen LogP contribution in [-0.2, 0) is 14.3 Å². The zero-order valence-electron chi connectivity index (χ0n) is 9.09. The first-order chi connectivity index (χ1) is 6.47. The van der Waals surface area contributed by atoms with Crippen LogP contribution in [0.3, 0.4) is 0 Å². The fourth-order valence-electron chi connectivity index (χ4n) is 0.955. The van der Waals surface area contributed by atoms with Crippen molar-refractivity contribution in [3.05, 3.63) is 11.6 Å². The van der Waals surface area contributed by atoms with E-state index in [0.717, 1.165) is 5.57 Å². The second-order valence-corrected chi connectivity index (χ2v) is 3.29. The molecule has 0 bridgehead atoms. The molecule has 1 N–H and O–H groups in total. The van der Waals surface area contributed by atoms with Gasteiger partial charge in [-0.1, -0.05) is 11.6 Å². The SMILES string of the molecule is COC(=O)[C@@H](CC=C(C)C)NC(C)=O. The summed E-state index contributed by atoms with van der Waals surface area (Å²) in [7, 11) is 1.31. The van der Waals surface area contributed by atoms with E-state index in [4.69, 9.17) is 0 Å². The van der Waals surface area contributed by atoms with E-state index in [2.05, 4.69) is 10.1 Å². The molecule has 0 aliphatic heterocycles. The third kappa shape index (κ3) is 5.35. The molecule has 1 amide bonds. The van der Waals surface area contributed by atoms with Gasteiger partial charge in [0.1, 0.15) is 6.04 Å². The Hall–Kier alpha value is -1.32. The molecule has 4 heteroatoms. The van der Waals surface area contributed by atoms with Gasteiger partial charge in [0.2, 0.25) is 5.91 Å². The molecule has 1 atom stereocenters. The summed E-state index contributed by atoms with van der Waals surface area (Å²) < 4.78 is 4.56. The Morgan fingerprint density at radius 3 is 2.29 bits per heavy atom. The maximum Gasteiger partial charge on any atom is 0.328 e. The average molecular weight is 199 g/mol. The van der Waals surface area contributed by atoms with Gasteiger partial charge in [-0.15, -0.1) is 0 Å². The number of hydrogen-bond acceptors (Lipinski definition) is 3. The number of carbonyl (C=O) groups is 2. The Kier molecular flexibility index (Phi) is 5.60. The van der Waals surface area contributed by atoms with Crippen molar-refractivity contribution in [2.24, 2.45) is 0 Å². The van der Waals surface area contributed by atoms with E-state index >= 15 is 0 Å². The minimum Gasteiger partial charge on any atom is -0.467 e. The molecule has 0 radical (unpaired) electrons. The molecular weight excluding hydrogens is 182 g/mol. The van der Waals surface area contributed by atoms with Crippen LogP contribution in [0.4, 0.5) is 0 Å². The van der Waals surface area contributed by atoms with E-state index in [-0.39, 0.29) is 5.91 Å². The fourth-order valence-corrected chi connectivity index (χ4v) is 0.955. The van der Waals surface area contributed by atoms with Gasteiger partial charge in [-0.05, 0) is 20.3 Å². The molecule has 0 unspecified atom stereocenters. The normalized spacial score (nSPS) is 11.4. The minimum atomic E-state index is -0.576. The molecule has 0 aromatic rings. The molecule has 80 valence electrons. The second kappa shape index (κ2) is 6.18. The van der Waals surface area contributed by atoms with Crippen LogP contribution in [0.1, 0.15) is 27.2 Å². The molecule has 0 fully saturated rings. The molecule has 0 spiro atoms. The quantitative estimate of drug-likeness (QED) is 0.543. The Morgan fingerprint density at radius 2 is 1.93 bits per heavy atom. The van der Waals surface area contributed by atoms with E-state index in [0.29, 0.717) is 6.42 Å². The van der Waals surface area contributed by atoms with Crippen LogP contribution in [-0.4, -0.2) is 25.0 Å². The van der Waals surface area contributed by atoms with E-state index in [9.17, 15) is 9.59 Å². The van der Waals surface area contributed by atoms with Gasteiger partial charge in [-0.25, -0.2) is 4.79 Å². The number of carbonyl (C=O) groups excluding carboxylic acids is 2. The number of nitrogens with one attached hydrogen (secondary N) is 1. The van der Waals surface area contributed by atoms with Gasteiger partial charge in [-0.2, -0.15) is 0 Å². The number of methoxy groups -OCH3 is 1. The van der Waals surface area contributed by atoms with Crippen LogP contribution >= 0.6 is 0 Å². The third-order valence-corrected chi connectivity index (χ3v) is 1.62. The number of rotatable bonds is 4. The topological polar surface area (TPSA) is 55.4 Å². The first-order valence-electron chi connectivity index (χ1n) is 4.45. The first kappa shape index (κ1) is 12.7. The summed E-state index contributed by atoms with van der Waals surface area (Å²) in [4.78, 5) is 22.0. The molecule has 0 saturated heterocycles. The van der Waals surface area contributed by atoms with Gasteiger partial charge in [0, 0.05) is 6.92 Å². The number of allylic oxidation sites excluding steroid dienone is 1. The van der Waals surface area contributed by atoms with Crippen LogP contribution in [0, 0.1) is 0 Å². The summed E-state index contributed by atoms with van der Waals surface area (Å²) in [6.07, 6.45) is 2.35. The zero-order chi connectivity index (χ0) is 11.1. The molecule has 14 heavy (non-hydrogen) atoms. The molecule has 0 aromatic carbocycles. The van der Waals surface area contributed by atoms with Crippen molar-refractivity contribution in [1.29, 1.82) is 0 Å². The van der Waals surface area contributed by atoms with E-state index in [1.165, 1.54) is 14.0 Å². The Bertz CT molecular complexity index is 242. The lowest BCUT2D eigenvalue weighted by Gasteiger charge is -2.13. The summed E-state index contributed by atoms with van der Waals surface area (Å²) in [6.45, 7) is 5.24. The predicted molar refractivity (Wildman–Crippen MR) is 53.7 cm³/mol. The average Bonchev–Trinajstić information content (AvgIpc) is 2.10. The monoisotopic (exact) mass is 199 g/mol. The summed E-state index contributed by atoms with van der Waals surface area (Å²) in [5.74, 6) is -0.653. The standard InChI is InChI=1S/C10H17NO3/c1-7(2)5-6-9(10(13)14-4)11-8(3)12/h5,9H,6H2,1-4H3,(H,11,12)/t9-/m1/s1. The predicted octanol–water partition coefficient (Wildman–Crippen LogP) is 1.02. The lowest BCUT2D eigenvalue weighted by Crippen LogP contribution is -2.40. The molecule has 0 saturated carbocycles. The molecule has 0 rings (SSSR count). The minimum absolute atomic E-state index is 0.234. The Morgan fingerprint density at radius 1 is 1.36 bits per heavy atom. The highest BCUT2D eigenvalue weighted by Crippen LogP contribution is 2.00. The van der Waals surface area contributed by atoms with Crippen molar-refractivity contribution in [3.8, 4) is 0 Å². The van der Waals surface area contributed by atoms with Gasteiger partial charge in [0.25, 0.3) is 0 Å². The lowest BCUT2D eigenvalue weighted by molar-refractivity contribution is -0.144. The fraction of sp³-hybridized carbons (Fsp3) is 0.600. The Balaban J connectivity index is 4.32. The van der Waals surface area contributed by atoms with Gasteiger partial charge in [-0.3, -0.25) is 4.79 Å². The smallest absolute Gasteiger partial charge is 0.328 e. The highest BCUT2D eigenvalue weighted by atomic mass is 16.5. The summed E-state index contributed by atoms with van der Waals surface area (Å²) in [6, 6.07) is -0.576. The van der Waals surface area contributed by atoms with E-state index < -0.39 is 12.0 Å². The number of hydrogen-bond donors (Lipinski definition) is 1. The van der Waals surface area contributed by atoms with Crippen molar-refractivity contribution in [1.82, 2.24) is 5.32 Å². The summed E-state index contributed by atoms with van der Waals surface area (Å²) in [5.41, 5.74) is 1.10. The molecule has 4 nitrogen and oxygen atoms in total. The van der Waals surface area contributed by atoms with Crippen LogP contribution in [0.2, 0.25) is 0 Å². The van der Waals surface area contributed by atoms with Crippen molar-refractivity contribution in [2.45, 2.75) is 33.2 Å². The highest BCUT2D eigenvalue weighted by Gasteiger charge is 2.18. The molecule has 0 aliphatic rings. The van der Waals surface area contributed by atoms with Gasteiger partial charge in [0.15, 0.2) is 0 Å². The van der Waals surface area contributed by atoms with Crippen LogP contribution in [0.15, 0.2) is 11.6 Å². The maximum absolute atomic E-state index is 11.2. The van der Waals surface area contributed by atoms with Gasteiger partial charge < -0.3 is 10.1 Å². The molecular formula is C10H17NO3. The molecule has 0 heterocycles. The molecule has 0 aliphatic carbocycles. The number of amides is 1. The maximum atomic E-state index is 11.2. The van der Waals surface area contributed by atoms with Crippen molar-refractivity contribution in [2.75, 3.05) is 7.11 Å². The van der Waals surface area contributed by atoms with Crippen LogP contribution in [0.5, 0.6) is 0 Å². The van der Waals surface area contributed by atoms with Crippen LogP contribution in [0.25, 0.3) is 0 Å². The largest absolute Gasteiger partial charge is 0.467 e. The van der Waals surface area contributed by atoms with Crippen LogP contribution < -0.4 is 5.32 Å². The lowest BCUT2D eigenvalue weighted by atomic mass is 10.1.